The van der Waals surface area contributed by atoms with Gasteiger partial charge in [-0.15, -0.1) is 0 Å². The van der Waals surface area contributed by atoms with Crippen LogP contribution in [0.5, 0.6) is 0 Å². The molecule has 0 aliphatic rings. The summed E-state index contributed by atoms with van der Waals surface area (Å²) in [6.07, 6.45) is 5.15. The van der Waals surface area contributed by atoms with Gasteiger partial charge in [0.2, 0.25) is 0 Å². The molecule has 0 amide bonds. The fourth-order valence-corrected chi connectivity index (χ4v) is 1.56. The highest BCUT2D eigenvalue weighted by atomic mass is 19.1. The van der Waals surface area contributed by atoms with Crippen molar-refractivity contribution in [1.82, 2.24) is 19.4 Å². The van der Waals surface area contributed by atoms with Crippen molar-refractivity contribution >= 4 is 5.52 Å². The standard InChI is InChI=1S/C10H13FN4O/c11-5-2-1-3-7-14-10(16)9-4-6-12-15(9)8-13-14/h4,6,8H,1-3,5,7H2. The first-order chi connectivity index (χ1) is 7.83. The number of unbranched alkanes of at least 4 members (excludes halogenated alkanes) is 2. The second-order valence-corrected chi connectivity index (χ2v) is 3.57. The molecular formula is C10H13FN4O. The summed E-state index contributed by atoms with van der Waals surface area (Å²) in [6.45, 7) is 0.227. The Hall–Kier alpha value is -1.72. The highest BCUT2D eigenvalue weighted by Gasteiger charge is 2.03. The van der Waals surface area contributed by atoms with Gasteiger partial charge in [0.15, 0.2) is 0 Å². The van der Waals surface area contributed by atoms with Crippen LogP contribution in [-0.4, -0.2) is 26.1 Å². The molecule has 0 unspecified atom stereocenters. The van der Waals surface area contributed by atoms with Crippen molar-refractivity contribution in [1.29, 1.82) is 0 Å². The Kier molecular flexibility index (Phi) is 3.28. The maximum absolute atomic E-state index is 11.9. The first kappa shape index (κ1) is 10.8. The number of hydrogen-bond acceptors (Lipinski definition) is 3. The summed E-state index contributed by atoms with van der Waals surface area (Å²) < 4.78 is 14.7. The van der Waals surface area contributed by atoms with Gasteiger partial charge in [-0.2, -0.15) is 10.2 Å². The second kappa shape index (κ2) is 4.87. The molecule has 6 heteroatoms. The number of fused-ring (bicyclic) bond motifs is 1. The van der Waals surface area contributed by atoms with E-state index in [0.29, 0.717) is 18.5 Å². The number of alkyl halides is 1. The van der Waals surface area contributed by atoms with Crippen molar-refractivity contribution in [3.63, 3.8) is 0 Å². The predicted molar refractivity (Wildman–Crippen MR) is 57.1 cm³/mol. The zero-order valence-electron chi connectivity index (χ0n) is 8.84. The molecule has 2 aromatic heterocycles. The van der Waals surface area contributed by atoms with Crippen molar-refractivity contribution in [2.75, 3.05) is 6.67 Å². The van der Waals surface area contributed by atoms with Crippen molar-refractivity contribution in [3.8, 4) is 0 Å². The van der Waals surface area contributed by atoms with Gasteiger partial charge in [0.05, 0.1) is 12.9 Å². The van der Waals surface area contributed by atoms with Crippen LogP contribution in [0.25, 0.3) is 5.52 Å². The van der Waals surface area contributed by atoms with Crippen molar-refractivity contribution in [3.05, 3.63) is 28.9 Å². The van der Waals surface area contributed by atoms with E-state index in [4.69, 9.17) is 0 Å². The normalized spacial score (nSPS) is 11.1. The summed E-state index contributed by atoms with van der Waals surface area (Å²) >= 11 is 0. The van der Waals surface area contributed by atoms with E-state index in [1.165, 1.54) is 15.5 Å². The van der Waals surface area contributed by atoms with Crippen LogP contribution in [0.1, 0.15) is 19.3 Å². The highest BCUT2D eigenvalue weighted by molar-refractivity contribution is 5.41. The molecule has 2 aromatic rings. The minimum atomic E-state index is -0.302. The lowest BCUT2D eigenvalue weighted by molar-refractivity contribution is 0.438. The average molecular weight is 224 g/mol. The molecule has 0 bridgehead atoms. The topological polar surface area (TPSA) is 52.2 Å². The third-order valence-electron chi connectivity index (χ3n) is 2.43. The van der Waals surface area contributed by atoms with Gasteiger partial charge < -0.3 is 0 Å². The van der Waals surface area contributed by atoms with Crippen molar-refractivity contribution in [2.45, 2.75) is 25.8 Å². The average Bonchev–Trinajstić information content (AvgIpc) is 2.76. The molecule has 0 aliphatic carbocycles. The molecular weight excluding hydrogens is 211 g/mol. The van der Waals surface area contributed by atoms with Crippen molar-refractivity contribution in [2.24, 2.45) is 0 Å². The fraction of sp³-hybridized carbons (Fsp3) is 0.500. The lowest BCUT2D eigenvalue weighted by Gasteiger charge is -2.03. The van der Waals surface area contributed by atoms with Crippen molar-refractivity contribution < 1.29 is 4.39 Å². The maximum atomic E-state index is 11.9. The van der Waals surface area contributed by atoms with E-state index in [0.717, 1.165) is 12.8 Å². The third-order valence-corrected chi connectivity index (χ3v) is 2.43. The number of nitrogens with zero attached hydrogens (tertiary/aromatic N) is 4. The summed E-state index contributed by atoms with van der Waals surface area (Å²) in [7, 11) is 0. The molecule has 5 nitrogen and oxygen atoms in total. The van der Waals surface area contributed by atoms with E-state index in [-0.39, 0.29) is 12.2 Å². The zero-order chi connectivity index (χ0) is 11.4. The molecule has 0 aromatic carbocycles. The second-order valence-electron chi connectivity index (χ2n) is 3.57. The first-order valence-corrected chi connectivity index (χ1v) is 5.28. The molecule has 0 saturated carbocycles. The Morgan fingerprint density at radius 2 is 2.12 bits per heavy atom. The molecule has 0 saturated heterocycles. The number of aromatic nitrogens is 4. The molecule has 0 fully saturated rings. The SMILES string of the molecule is O=c1c2ccnn2cnn1CCCCCF. The van der Waals surface area contributed by atoms with Crippen LogP contribution in [-0.2, 0) is 6.54 Å². The summed E-state index contributed by atoms with van der Waals surface area (Å²) in [6, 6.07) is 1.65. The minimum Gasteiger partial charge on any atom is -0.265 e. The Labute approximate surface area is 91.5 Å². The Bertz CT molecular complexity index is 519. The van der Waals surface area contributed by atoms with Gasteiger partial charge in [0, 0.05) is 6.54 Å². The van der Waals surface area contributed by atoms with Crippen LogP contribution < -0.4 is 5.56 Å². The van der Waals surface area contributed by atoms with Crippen LogP contribution in [0.4, 0.5) is 4.39 Å². The van der Waals surface area contributed by atoms with E-state index in [1.54, 1.807) is 12.3 Å². The largest absolute Gasteiger partial charge is 0.292 e. The minimum absolute atomic E-state index is 0.153. The molecule has 0 atom stereocenters. The van der Waals surface area contributed by atoms with E-state index in [9.17, 15) is 9.18 Å². The van der Waals surface area contributed by atoms with E-state index in [2.05, 4.69) is 10.2 Å². The molecule has 16 heavy (non-hydrogen) atoms. The van der Waals surface area contributed by atoms with Crippen LogP contribution in [0, 0.1) is 0 Å². The maximum Gasteiger partial charge on any atom is 0.292 e. The number of hydrogen-bond donors (Lipinski definition) is 0. The summed E-state index contributed by atoms with van der Waals surface area (Å²) in [5.74, 6) is 0. The summed E-state index contributed by atoms with van der Waals surface area (Å²) in [5.41, 5.74) is 0.362. The Balaban J connectivity index is 2.12. The van der Waals surface area contributed by atoms with Crippen LogP contribution in [0.2, 0.25) is 0 Å². The quantitative estimate of drug-likeness (QED) is 0.713. The highest BCUT2D eigenvalue weighted by Crippen LogP contribution is 1.98. The molecule has 0 spiro atoms. The predicted octanol–water partition coefficient (Wildman–Crippen LogP) is 1.03. The van der Waals surface area contributed by atoms with E-state index < -0.39 is 0 Å². The lowest BCUT2D eigenvalue weighted by atomic mass is 10.2. The molecule has 2 rings (SSSR count). The summed E-state index contributed by atoms with van der Waals surface area (Å²) in [4.78, 5) is 11.8. The Morgan fingerprint density at radius 1 is 1.25 bits per heavy atom. The lowest BCUT2D eigenvalue weighted by Crippen LogP contribution is -2.24. The van der Waals surface area contributed by atoms with Gasteiger partial charge in [-0.3, -0.25) is 9.18 Å². The van der Waals surface area contributed by atoms with Crippen LogP contribution in [0.3, 0.4) is 0 Å². The monoisotopic (exact) mass is 224 g/mol. The number of aryl methyl sites for hydroxylation is 1. The van der Waals surface area contributed by atoms with Gasteiger partial charge in [-0.1, -0.05) is 0 Å². The third kappa shape index (κ3) is 2.10. The number of rotatable bonds is 5. The van der Waals surface area contributed by atoms with Gasteiger partial charge >= 0.3 is 0 Å². The molecule has 0 N–H and O–H groups in total. The van der Waals surface area contributed by atoms with Gasteiger partial charge in [0.1, 0.15) is 11.8 Å². The number of halogens is 1. The van der Waals surface area contributed by atoms with Gasteiger partial charge in [-0.25, -0.2) is 9.20 Å². The van der Waals surface area contributed by atoms with E-state index in [1.807, 2.05) is 0 Å². The zero-order valence-corrected chi connectivity index (χ0v) is 8.84. The molecule has 0 radical (unpaired) electrons. The van der Waals surface area contributed by atoms with Crippen LogP contribution in [0.15, 0.2) is 23.4 Å². The van der Waals surface area contributed by atoms with Crippen LogP contribution >= 0.6 is 0 Å². The van der Waals surface area contributed by atoms with Gasteiger partial charge in [-0.05, 0) is 25.3 Å². The first-order valence-electron chi connectivity index (χ1n) is 5.28. The summed E-state index contributed by atoms with van der Waals surface area (Å²) in [5, 5.41) is 7.91. The van der Waals surface area contributed by atoms with E-state index >= 15 is 0 Å². The smallest absolute Gasteiger partial charge is 0.265 e. The molecule has 0 aliphatic heterocycles. The molecule has 86 valence electrons. The molecule has 2 heterocycles. The Morgan fingerprint density at radius 3 is 2.94 bits per heavy atom. The van der Waals surface area contributed by atoms with Gasteiger partial charge in [0.25, 0.3) is 5.56 Å². The fourth-order valence-electron chi connectivity index (χ4n) is 1.56.